The minimum absolute atomic E-state index is 0.460. The Hall–Kier alpha value is -1.67. The van der Waals surface area contributed by atoms with Crippen LogP contribution in [0.2, 0.25) is 0 Å². The summed E-state index contributed by atoms with van der Waals surface area (Å²) in [5.41, 5.74) is 0. The van der Waals surface area contributed by atoms with E-state index in [1.165, 1.54) is 0 Å². The molecule has 0 radical (unpaired) electrons. The van der Waals surface area contributed by atoms with E-state index in [0.29, 0.717) is 23.9 Å². The quantitative estimate of drug-likeness (QED) is 0.763. The van der Waals surface area contributed by atoms with E-state index in [-0.39, 0.29) is 0 Å². The smallest absolute Gasteiger partial charge is 0.231 e. The molecular weight excluding hydrogens is 268 g/mol. The van der Waals surface area contributed by atoms with Crippen LogP contribution < -0.4 is 15.5 Å². The van der Waals surface area contributed by atoms with Crippen LogP contribution in [-0.4, -0.2) is 92.2 Å². The molecule has 1 atom stereocenters. The van der Waals surface area contributed by atoms with E-state index < -0.39 is 0 Å². The zero-order valence-corrected chi connectivity index (χ0v) is 13.6. The summed E-state index contributed by atoms with van der Waals surface area (Å²) in [6.45, 7) is 4.08. The van der Waals surface area contributed by atoms with Crippen molar-refractivity contribution < 1.29 is 0 Å². The fraction of sp³-hybridized carbons (Fsp3) is 0.769. The number of nitrogens with one attached hydrogen (secondary N) is 2. The summed E-state index contributed by atoms with van der Waals surface area (Å²) in [5.74, 6) is 1.83. The van der Waals surface area contributed by atoms with Gasteiger partial charge in [-0.15, -0.1) is 0 Å². The van der Waals surface area contributed by atoms with E-state index in [1.54, 1.807) is 0 Å². The molecule has 8 nitrogen and oxygen atoms in total. The van der Waals surface area contributed by atoms with Crippen LogP contribution in [0.4, 0.5) is 17.8 Å². The second-order valence-electron chi connectivity index (χ2n) is 5.70. The molecule has 1 fully saturated rings. The Bertz CT molecular complexity index is 463. The normalized spacial score (nSPS) is 20.3. The van der Waals surface area contributed by atoms with Crippen LogP contribution in [0.3, 0.4) is 0 Å². The maximum atomic E-state index is 4.43. The summed E-state index contributed by atoms with van der Waals surface area (Å²) >= 11 is 0. The van der Waals surface area contributed by atoms with E-state index in [2.05, 4.69) is 49.5 Å². The fourth-order valence-electron chi connectivity index (χ4n) is 2.29. The Balaban J connectivity index is 2.03. The van der Waals surface area contributed by atoms with E-state index in [1.807, 2.05) is 26.0 Å². The summed E-state index contributed by atoms with van der Waals surface area (Å²) < 4.78 is 0. The molecule has 0 spiro atoms. The van der Waals surface area contributed by atoms with E-state index in [4.69, 9.17) is 0 Å². The first-order valence-corrected chi connectivity index (χ1v) is 7.23. The summed E-state index contributed by atoms with van der Waals surface area (Å²) in [6.07, 6.45) is 0. The molecule has 2 N–H and O–H groups in total. The third kappa shape index (κ3) is 4.15. The first kappa shape index (κ1) is 15.7. The van der Waals surface area contributed by atoms with Gasteiger partial charge >= 0.3 is 0 Å². The van der Waals surface area contributed by atoms with Crippen LogP contribution in [-0.2, 0) is 0 Å². The van der Waals surface area contributed by atoms with Crippen LogP contribution in [0.1, 0.15) is 0 Å². The summed E-state index contributed by atoms with van der Waals surface area (Å²) in [6, 6.07) is 0.460. The van der Waals surface area contributed by atoms with Crippen molar-refractivity contribution in [1.82, 2.24) is 24.8 Å². The molecule has 1 aromatic heterocycles. The van der Waals surface area contributed by atoms with Crippen LogP contribution in [0.15, 0.2) is 0 Å². The molecule has 118 valence electrons. The van der Waals surface area contributed by atoms with Crippen LogP contribution in [0.25, 0.3) is 0 Å². The van der Waals surface area contributed by atoms with Crippen molar-refractivity contribution in [2.45, 2.75) is 6.04 Å². The Morgan fingerprint density at radius 2 is 1.86 bits per heavy atom. The van der Waals surface area contributed by atoms with E-state index >= 15 is 0 Å². The van der Waals surface area contributed by atoms with Crippen molar-refractivity contribution in [3.05, 3.63) is 0 Å². The topological polar surface area (TPSA) is 72.5 Å². The molecule has 21 heavy (non-hydrogen) atoms. The maximum absolute atomic E-state index is 4.43. The lowest BCUT2D eigenvalue weighted by atomic mass is 10.2. The van der Waals surface area contributed by atoms with Gasteiger partial charge in [-0.1, -0.05) is 0 Å². The average Bonchev–Trinajstić information content (AvgIpc) is 2.47. The van der Waals surface area contributed by atoms with Crippen LogP contribution in [0, 0.1) is 0 Å². The molecule has 1 saturated heterocycles. The minimum atomic E-state index is 0.460. The molecule has 0 amide bonds. The third-order valence-electron chi connectivity index (χ3n) is 3.72. The Kier molecular flexibility index (Phi) is 5.13. The van der Waals surface area contributed by atoms with Crippen molar-refractivity contribution in [1.29, 1.82) is 0 Å². The number of rotatable bonds is 5. The van der Waals surface area contributed by atoms with Crippen molar-refractivity contribution in [3.63, 3.8) is 0 Å². The lowest BCUT2D eigenvalue weighted by Gasteiger charge is -2.37. The number of hydrogen-bond donors (Lipinski definition) is 2. The number of hydrogen-bond acceptors (Lipinski definition) is 8. The molecule has 1 aliphatic heterocycles. The molecule has 0 bridgehead atoms. The zero-order valence-electron chi connectivity index (χ0n) is 13.6. The molecule has 2 heterocycles. The molecule has 2 rings (SSSR count). The van der Waals surface area contributed by atoms with Gasteiger partial charge in [-0.25, -0.2) is 0 Å². The lowest BCUT2D eigenvalue weighted by molar-refractivity contribution is 0.121. The maximum Gasteiger partial charge on any atom is 0.231 e. The average molecular weight is 294 g/mol. The molecule has 1 unspecified atom stereocenters. The zero-order chi connectivity index (χ0) is 15.4. The van der Waals surface area contributed by atoms with E-state index in [9.17, 15) is 0 Å². The molecule has 0 aromatic carbocycles. The Morgan fingerprint density at radius 1 is 1.14 bits per heavy atom. The van der Waals surface area contributed by atoms with Gasteiger partial charge in [0.05, 0.1) is 0 Å². The first-order chi connectivity index (χ1) is 9.99. The predicted molar refractivity (Wildman–Crippen MR) is 86.1 cm³/mol. The highest BCUT2D eigenvalue weighted by Gasteiger charge is 2.22. The highest BCUT2D eigenvalue weighted by molar-refractivity contribution is 5.42. The van der Waals surface area contributed by atoms with Crippen LogP contribution >= 0.6 is 0 Å². The second kappa shape index (κ2) is 6.86. The minimum Gasteiger partial charge on any atom is -0.357 e. The van der Waals surface area contributed by atoms with Gasteiger partial charge in [-0.2, -0.15) is 15.0 Å². The lowest BCUT2D eigenvalue weighted by Crippen LogP contribution is -2.52. The van der Waals surface area contributed by atoms with Crippen LogP contribution in [0.5, 0.6) is 0 Å². The summed E-state index contributed by atoms with van der Waals surface area (Å²) in [4.78, 5) is 19.7. The van der Waals surface area contributed by atoms with Crippen molar-refractivity contribution in [2.24, 2.45) is 0 Å². The number of likely N-dealkylation sites (N-methyl/N-ethyl adjacent to an activating group) is 2. The molecule has 1 aromatic rings. The van der Waals surface area contributed by atoms with E-state index in [0.717, 1.165) is 26.2 Å². The predicted octanol–water partition coefficient (Wildman–Crippen LogP) is -0.363. The summed E-state index contributed by atoms with van der Waals surface area (Å²) in [7, 11) is 9.97. The molecule has 0 saturated carbocycles. The van der Waals surface area contributed by atoms with Crippen molar-refractivity contribution in [3.8, 4) is 0 Å². The van der Waals surface area contributed by atoms with Gasteiger partial charge in [-0.05, 0) is 14.1 Å². The Labute approximate surface area is 126 Å². The largest absolute Gasteiger partial charge is 0.357 e. The van der Waals surface area contributed by atoms with Crippen molar-refractivity contribution in [2.75, 3.05) is 77.0 Å². The second-order valence-corrected chi connectivity index (χ2v) is 5.70. The third-order valence-corrected chi connectivity index (χ3v) is 3.72. The fourth-order valence-corrected chi connectivity index (χ4v) is 2.29. The molecular formula is C13H26N8. The molecule has 1 aliphatic rings. The highest BCUT2D eigenvalue weighted by Crippen LogP contribution is 2.12. The Morgan fingerprint density at radius 3 is 2.52 bits per heavy atom. The molecule has 0 aliphatic carbocycles. The van der Waals surface area contributed by atoms with Gasteiger partial charge in [0.2, 0.25) is 17.8 Å². The van der Waals surface area contributed by atoms with Crippen molar-refractivity contribution >= 4 is 17.8 Å². The van der Waals surface area contributed by atoms with Gasteiger partial charge in [0.1, 0.15) is 0 Å². The molecule has 8 heteroatoms. The number of anilines is 3. The van der Waals surface area contributed by atoms with Gasteiger partial charge < -0.3 is 20.4 Å². The standard InChI is InChI=1S/C13H26N8/c1-14-11-16-12(18-13(17-11)19(2)3)15-8-10-9-20(4)6-7-21(10)5/h10H,6-9H2,1-5H3,(H2,14,15,16,17,18). The monoisotopic (exact) mass is 294 g/mol. The van der Waals surface area contributed by atoms with Gasteiger partial charge in [0, 0.05) is 53.4 Å². The number of piperazine rings is 1. The number of aromatic nitrogens is 3. The van der Waals surface area contributed by atoms with Gasteiger partial charge in [0.25, 0.3) is 0 Å². The SMILES string of the molecule is CNc1nc(NCC2CN(C)CCN2C)nc(N(C)C)n1. The summed E-state index contributed by atoms with van der Waals surface area (Å²) in [5, 5.41) is 6.31. The number of nitrogens with zero attached hydrogens (tertiary/aromatic N) is 6. The van der Waals surface area contributed by atoms with Gasteiger partial charge in [-0.3, -0.25) is 4.90 Å². The first-order valence-electron chi connectivity index (χ1n) is 7.23. The van der Waals surface area contributed by atoms with Gasteiger partial charge in [0.15, 0.2) is 0 Å². The highest BCUT2D eigenvalue weighted by atomic mass is 15.3.